The van der Waals surface area contributed by atoms with Crippen LogP contribution in [0.4, 0.5) is 5.69 Å². The van der Waals surface area contributed by atoms with Gasteiger partial charge in [0.1, 0.15) is 30.2 Å². The van der Waals surface area contributed by atoms with E-state index in [1.807, 2.05) is 30.3 Å². The van der Waals surface area contributed by atoms with Crippen LogP contribution in [-0.4, -0.2) is 112 Å². The number of nitro benzene ring substituents is 1. The van der Waals surface area contributed by atoms with Crippen molar-refractivity contribution < 1.29 is 57.9 Å². The molecule has 7 N–H and O–H groups in total. The van der Waals surface area contributed by atoms with Crippen LogP contribution < -0.4 is 27.0 Å². The minimum Gasteiger partial charge on any atom is -0.478 e. The van der Waals surface area contributed by atoms with E-state index < -0.39 is 111 Å². The van der Waals surface area contributed by atoms with Gasteiger partial charge in [-0.3, -0.25) is 38.9 Å². The molecule has 3 fully saturated rings. The van der Waals surface area contributed by atoms with Crippen molar-refractivity contribution in [3.63, 3.8) is 0 Å². The Labute approximate surface area is 407 Å². The third kappa shape index (κ3) is 14.9. The first-order valence-corrected chi connectivity index (χ1v) is 24.0. The SMILES string of the molecule is COC(=O)/C=C/CC[C@H](NC(=O)c1ccc([N+](=O)[O-])cc1C(=O)O)C(=O)N[C@H](C(=O)N1C[C@H](OCc2ccccc2)C[C@H]1C(=O)N[C@H](C(=O)N[C@H](C(N)=O)C1CCCCC1)C1CCCCC1)C(C)(C)C. The summed E-state index contributed by atoms with van der Waals surface area (Å²) in [6, 6.07) is 5.96. The second kappa shape index (κ2) is 25.2. The summed E-state index contributed by atoms with van der Waals surface area (Å²) in [6.45, 7) is 5.16. The number of primary amides is 1. The third-order valence-corrected chi connectivity index (χ3v) is 13.4. The lowest BCUT2D eigenvalue weighted by Crippen LogP contribution is -2.62. The van der Waals surface area contributed by atoms with Crippen molar-refractivity contribution in [2.45, 2.75) is 147 Å². The highest BCUT2D eigenvalue weighted by atomic mass is 16.6. The highest BCUT2D eigenvalue weighted by Gasteiger charge is 2.47. The van der Waals surface area contributed by atoms with Gasteiger partial charge in [-0.2, -0.15) is 0 Å². The minimum absolute atomic E-state index is 0.0129. The van der Waals surface area contributed by atoms with Crippen LogP contribution >= 0.6 is 0 Å². The van der Waals surface area contributed by atoms with Gasteiger partial charge >= 0.3 is 11.9 Å². The highest BCUT2D eigenvalue weighted by molar-refractivity contribution is 6.06. The average molecular weight is 974 g/mol. The fourth-order valence-electron chi connectivity index (χ4n) is 9.54. The second-order valence-electron chi connectivity index (χ2n) is 19.5. The summed E-state index contributed by atoms with van der Waals surface area (Å²) in [7, 11) is 1.18. The molecular formula is C50H67N7O13. The molecule has 20 nitrogen and oxygen atoms in total. The van der Waals surface area contributed by atoms with Gasteiger partial charge < -0.3 is 46.5 Å². The molecule has 2 aliphatic carbocycles. The number of ether oxygens (including phenoxy) is 2. The lowest BCUT2D eigenvalue weighted by Gasteiger charge is -2.37. The Bertz CT molecular complexity index is 2250. The van der Waals surface area contributed by atoms with E-state index >= 15 is 4.79 Å². The van der Waals surface area contributed by atoms with E-state index in [0.29, 0.717) is 12.8 Å². The summed E-state index contributed by atoms with van der Waals surface area (Å²) in [5.74, 6) is -7.13. The maximum Gasteiger partial charge on any atom is 0.336 e. The van der Waals surface area contributed by atoms with Gasteiger partial charge in [-0.1, -0.05) is 95.7 Å². The monoisotopic (exact) mass is 973 g/mol. The number of hydrogen-bond acceptors (Lipinski definition) is 12. The number of carbonyl (C=O) groups is 8. The topological polar surface area (TPSA) is 296 Å². The molecule has 1 heterocycles. The Kier molecular flexibility index (Phi) is 19.6. The molecule has 2 aromatic rings. The molecule has 1 saturated heterocycles. The summed E-state index contributed by atoms with van der Waals surface area (Å²) >= 11 is 0. The second-order valence-corrected chi connectivity index (χ2v) is 19.5. The van der Waals surface area contributed by atoms with Crippen molar-refractivity contribution in [2.75, 3.05) is 13.7 Å². The number of rotatable bonds is 21. The molecule has 380 valence electrons. The van der Waals surface area contributed by atoms with Crippen LogP contribution in [0.25, 0.3) is 0 Å². The molecule has 6 amide bonds. The maximum absolute atomic E-state index is 15.1. The number of non-ortho nitro benzene ring substituents is 1. The van der Waals surface area contributed by atoms with Crippen LogP contribution in [0, 0.1) is 27.4 Å². The number of carbonyl (C=O) groups excluding carboxylic acids is 7. The number of likely N-dealkylation sites (tertiary alicyclic amines) is 1. The molecule has 70 heavy (non-hydrogen) atoms. The highest BCUT2D eigenvalue weighted by Crippen LogP contribution is 2.32. The van der Waals surface area contributed by atoms with E-state index in [-0.39, 0.29) is 44.2 Å². The van der Waals surface area contributed by atoms with Crippen molar-refractivity contribution >= 4 is 53.1 Å². The van der Waals surface area contributed by atoms with Crippen molar-refractivity contribution in [3.05, 3.63) is 87.5 Å². The van der Waals surface area contributed by atoms with Crippen LogP contribution in [0.2, 0.25) is 0 Å². The smallest absolute Gasteiger partial charge is 0.336 e. The number of nitrogens with zero attached hydrogens (tertiary/aromatic N) is 2. The summed E-state index contributed by atoms with van der Waals surface area (Å²) < 4.78 is 10.9. The number of carboxylic acids is 1. The number of methoxy groups -OCH3 is 1. The predicted molar refractivity (Wildman–Crippen MR) is 254 cm³/mol. The van der Waals surface area contributed by atoms with Crippen molar-refractivity contribution in [1.29, 1.82) is 0 Å². The van der Waals surface area contributed by atoms with Gasteiger partial charge in [0.15, 0.2) is 0 Å². The Morgan fingerprint density at radius 3 is 2.04 bits per heavy atom. The average Bonchev–Trinajstić information content (AvgIpc) is 3.78. The van der Waals surface area contributed by atoms with Crippen LogP contribution in [0.1, 0.15) is 131 Å². The van der Waals surface area contributed by atoms with Crippen LogP contribution in [0.15, 0.2) is 60.7 Å². The number of carboxylic acid groups (broad SMARTS) is 1. The maximum atomic E-state index is 15.1. The lowest BCUT2D eigenvalue weighted by molar-refractivity contribution is -0.384. The van der Waals surface area contributed by atoms with Crippen molar-refractivity contribution in [1.82, 2.24) is 26.2 Å². The molecule has 5 rings (SSSR count). The first kappa shape index (κ1) is 54.2. The van der Waals surface area contributed by atoms with Gasteiger partial charge in [-0.05, 0) is 67.4 Å². The van der Waals surface area contributed by atoms with Crippen molar-refractivity contribution in [3.8, 4) is 0 Å². The molecule has 0 bridgehead atoms. The summed E-state index contributed by atoms with van der Waals surface area (Å²) in [5.41, 5.74) is 3.92. The largest absolute Gasteiger partial charge is 0.478 e. The number of amides is 6. The Morgan fingerprint density at radius 1 is 0.843 bits per heavy atom. The molecule has 2 aromatic carbocycles. The molecule has 3 aliphatic rings. The first-order valence-electron chi connectivity index (χ1n) is 24.0. The van der Waals surface area contributed by atoms with Gasteiger partial charge in [0.05, 0.1) is 35.9 Å². The zero-order valence-electron chi connectivity index (χ0n) is 40.3. The van der Waals surface area contributed by atoms with Gasteiger partial charge in [0.25, 0.3) is 11.6 Å². The summed E-state index contributed by atoms with van der Waals surface area (Å²) in [6.07, 6.45) is 9.94. The quantitative estimate of drug-likeness (QED) is 0.0442. The Balaban J connectivity index is 1.45. The van der Waals surface area contributed by atoms with Gasteiger partial charge in [-0.15, -0.1) is 0 Å². The zero-order valence-corrected chi connectivity index (χ0v) is 40.3. The number of nitro groups is 1. The fourth-order valence-corrected chi connectivity index (χ4v) is 9.54. The molecule has 0 aromatic heterocycles. The van der Waals surface area contributed by atoms with E-state index in [4.69, 9.17) is 10.5 Å². The normalized spacial score (nSPS) is 19.5. The lowest BCUT2D eigenvalue weighted by atomic mass is 9.81. The molecule has 0 spiro atoms. The Hall–Kier alpha value is -6.70. The van der Waals surface area contributed by atoms with Gasteiger partial charge in [-0.25, -0.2) is 9.59 Å². The molecule has 0 unspecified atom stereocenters. The molecule has 0 radical (unpaired) electrons. The zero-order chi connectivity index (χ0) is 51.1. The summed E-state index contributed by atoms with van der Waals surface area (Å²) in [4.78, 5) is 121. The van der Waals surface area contributed by atoms with Crippen LogP contribution in [0.5, 0.6) is 0 Å². The number of nitrogens with one attached hydrogen (secondary N) is 4. The van der Waals surface area contributed by atoms with Crippen molar-refractivity contribution in [2.24, 2.45) is 23.0 Å². The molecule has 6 atom stereocenters. The van der Waals surface area contributed by atoms with Crippen LogP contribution in [0.3, 0.4) is 0 Å². The van der Waals surface area contributed by atoms with E-state index in [1.165, 1.54) is 18.1 Å². The number of aromatic carboxylic acids is 1. The van der Waals surface area contributed by atoms with E-state index in [9.17, 15) is 48.8 Å². The standard InChI is InChI=1S/C50H67N7O13/c1-50(2,3)42(55-45(61)37(22-14-15-23-39(58)69-4)52-44(60)35-25-24-33(57(67)68)26-36(35)49(65)66)48(64)56-28-34(70-29-30-16-8-5-9-17-30)27-38(56)46(62)54-41(32-20-12-7-13-21-32)47(63)53-40(43(51)59)31-18-10-6-11-19-31/h5,8-9,15-17,23-26,31-32,34,37-38,40-42H,6-7,10-14,18-22,27-29H2,1-4H3,(H2,51,59)(H,52,60)(H,53,63)(H,54,62)(H,55,61)(H,65,66)/b23-15+/t34-,37+,38+,40+,41+,42-/m1/s1. The van der Waals surface area contributed by atoms with E-state index in [1.54, 1.807) is 20.8 Å². The van der Waals surface area contributed by atoms with E-state index in [2.05, 4.69) is 26.0 Å². The number of hydrogen-bond donors (Lipinski definition) is 6. The number of esters is 1. The molecule has 2 saturated carbocycles. The number of allylic oxidation sites excluding steroid dienone is 1. The Morgan fingerprint density at radius 2 is 1.47 bits per heavy atom. The van der Waals surface area contributed by atoms with Gasteiger partial charge in [0.2, 0.25) is 29.5 Å². The minimum atomic E-state index is -1.63. The molecule has 20 heteroatoms. The summed E-state index contributed by atoms with van der Waals surface area (Å²) in [5, 5.41) is 32.4. The molecular weight excluding hydrogens is 907 g/mol. The number of benzene rings is 2. The number of nitrogens with two attached hydrogens (primary N) is 1. The van der Waals surface area contributed by atoms with E-state index in [0.717, 1.165) is 81.2 Å². The fraction of sp³-hybridized carbons (Fsp3) is 0.560. The predicted octanol–water partition coefficient (Wildman–Crippen LogP) is 4.23. The van der Waals surface area contributed by atoms with Gasteiger partial charge in [0, 0.05) is 31.2 Å². The van der Waals surface area contributed by atoms with Crippen LogP contribution in [-0.2, 0) is 44.8 Å². The third-order valence-electron chi connectivity index (χ3n) is 13.4. The molecule has 1 aliphatic heterocycles. The first-order chi connectivity index (χ1) is 33.3.